The Morgan fingerprint density at radius 3 is 2.06 bits per heavy atom. The predicted octanol–water partition coefficient (Wildman–Crippen LogP) is 3.62. The molecule has 1 aliphatic rings. The molecule has 0 aromatic heterocycles. The number of carbonyl (C=O) groups excluding carboxylic acids is 2. The van der Waals surface area contributed by atoms with Crippen molar-refractivity contribution in [2.45, 2.75) is 13.0 Å². The summed E-state index contributed by atoms with van der Waals surface area (Å²) < 4.78 is 5.71. The number of likely N-dealkylation sites (N-methyl/N-ethyl adjacent to an activating group) is 1. The average Bonchev–Trinajstić information content (AvgIpc) is 2.88. The van der Waals surface area contributed by atoms with E-state index in [-0.39, 0.29) is 18.4 Å². The molecule has 6 heteroatoms. The summed E-state index contributed by atoms with van der Waals surface area (Å²) in [4.78, 5) is 31.7. The first-order valence-corrected chi connectivity index (χ1v) is 11.7. The largest absolute Gasteiger partial charge is 0.484 e. The van der Waals surface area contributed by atoms with Crippen LogP contribution >= 0.6 is 0 Å². The van der Waals surface area contributed by atoms with Gasteiger partial charge in [-0.1, -0.05) is 60.7 Å². The molecule has 1 fully saturated rings. The molecule has 176 valence electrons. The highest BCUT2D eigenvalue weighted by molar-refractivity contribution is 5.94. The highest BCUT2D eigenvalue weighted by Gasteiger charge is 2.20. The van der Waals surface area contributed by atoms with Gasteiger partial charge in [0.1, 0.15) is 5.75 Å². The standard InChI is InChI=1S/C28H31N3O3/c1-29-16-18-30(19-17-29)27(32)20-23-12-14-25(15-13-23)31(21-24-8-4-2-5-9-24)28(33)22-34-26-10-6-3-7-11-26/h2-15H,16-22H2,1H3. The molecule has 1 aliphatic heterocycles. The lowest BCUT2D eigenvalue weighted by atomic mass is 10.1. The van der Waals surface area contributed by atoms with Crippen LogP contribution in [0, 0.1) is 0 Å². The van der Waals surface area contributed by atoms with Crippen molar-refractivity contribution < 1.29 is 14.3 Å². The molecule has 0 atom stereocenters. The van der Waals surface area contributed by atoms with Gasteiger partial charge in [0, 0.05) is 31.9 Å². The molecule has 3 aromatic rings. The van der Waals surface area contributed by atoms with Crippen molar-refractivity contribution in [3.63, 3.8) is 0 Å². The zero-order valence-corrected chi connectivity index (χ0v) is 19.6. The Hall–Kier alpha value is -3.64. The molecule has 0 spiro atoms. The van der Waals surface area contributed by atoms with Crippen molar-refractivity contribution in [1.29, 1.82) is 0 Å². The normalized spacial score (nSPS) is 14.0. The minimum atomic E-state index is -0.131. The van der Waals surface area contributed by atoms with Crippen LogP contribution in [0.2, 0.25) is 0 Å². The fourth-order valence-corrected chi connectivity index (χ4v) is 3.97. The summed E-state index contributed by atoms with van der Waals surface area (Å²) in [7, 11) is 2.08. The summed E-state index contributed by atoms with van der Waals surface area (Å²) in [6.45, 7) is 3.75. The smallest absolute Gasteiger partial charge is 0.265 e. The van der Waals surface area contributed by atoms with Crippen molar-refractivity contribution in [3.8, 4) is 5.75 Å². The van der Waals surface area contributed by atoms with Crippen molar-refractivity contribution in [3.05, 3.63) is 96.1 Å². The van der Waals surface area contributed by atoms with Crippen LogP contribution < -0.4 is 9.64 Å². The molecule has 1 saturated heterocycles. The molecule has 0 unspecified atom stereocenters. The summed E-state index contributed by atoms with van der Waals surface area (Å²) >= 11 is 0. The summed E-state index contributed by atoms with van der Waals surface area (Å²) in [5.41, 5.74) is 2.76. The van der Waals surface area contributed by atoms with Crippen LogP contribution in [0.25, 0.3) is 0 Å². The van der Waals surface area contributed by atoms with Crippen molar-refractivity contribution in [2.75, 3.05) is 44.7 Å². The van der Waals surface area contributed by atoms with E-state index in [1.54, 1.807) is 4.90 Å². The lowest BCUT2D eigenvalue weighted by molar-refractivity contribution is -0.132. The number of rotatable bonds is 8. The molecule has 0 bridgehead atoms. The zero-order chi connectivity index (χ0) is 23.8. The second-order valence-corrected chi connectivity index (χ2v) is 8.59. The van der Waals surface area contributed by atoms with Gasteiger partial charge in [0.25, 0.3) is 5.91 Å². The van der Waals surface area contributed by atoms with Gasteiger partial charge in [0.2, 0.25) is 5.91 Å². The monoisotopic (exact) mass is 457 g/mol. The number of nitrogens with zero attached hydrogens (tertiary/aromatic N) is 3. The van der Waals surface area contributed by atoms with E-state index < -0.39 is 0 Å². The fraction of sp³-hybridized carbons (Fsp3) is 0.286. The summed E-state index contributed by atoms with van der Waals surface area (Å²) in [6, 6.07) is 26.9. The van der Waals surface area contributed by atoms with Crippen LogP contribution in [0.4, 0.5) is 5.69 Å². The maximum Gasteiger partial charge on any atom is 0.265 e. The molecule has 3 aromatic carbocycles. The molecule has 0 saturated carbocycles. The zero-order valence-electron chi connectivity index (χ0n) is 19.6. The number of carbonyl (C=O) groups is 2. The molecular formula is C28H31N3O3. The van der Waals surface area contributed by atoms with Gasteiger partial charge >= 0.3 is 0 Å². The predicted molar refractivity (Wildman–Crippen MR) is 134 cm³/mol. The van der Waals surface area contributed by atoms with Crippen molar-refractivity contribution >= 4 is 17.5 Å². The van der Waals surface area contributed by atoms with Crippen LogP contribution in [0.3, 0.4) is 0 Å². The molecule has 4 rings (SSSR count). The van der Waals surface area contributed by atoms with E-state index in [1.807, 2.05) is 89.8 Å². The topological polar surface area (TPSA) is 53.1 Å². The van der Waals surface area contributed by atoms with Gasteiger partial charge in [0.15, 0.2) is 6.61 Å². The van der Waals surface area contributed by atoms with Crippen LogP contribution in [-0.4, -0.2) is 61.4 Å². The molecule has 0 N–H and O–H groups in total. The van der Waals surface area contributed by atoms with Crippen LogP contribution in [0.5, 0.6) is 5.75 Å². The second-order valence-electron chi connectivity index (χ2n) is 8.59. The van der Waals surface area contributed by atoms with Gasteiger partial charge in [-0.25, -0.2) is 0 Å². The van der Waals surface area contributed by atoms with Gasteiger partial charge in [-0.05, 0) is 42.4 Å². The Balaban J connectivity index is 1.44. The van der Waals surface area contributed by atoms with Gasteiger partial charge in [-0.15, -0.1) is 0 Å². The number of hydrogen-bond acceptors (Lipinski definition) is 4. The van der Waals surface area contributed by atoms with Gasteiger partial charge in [-0.2, -0.15) is 0 Å². The second kappa shape index (κ2) is 11.5. The van der Waals surface area contributed by atoms with Crippen LogP contribution in [0.15, 0.2) is 84.9 Å². The lowest BCUT2D eigenvalue weighted by Crippen LogP contribution is -2.47. The van der Waals surface area contributed by atoms with Gasteiger partial charge in [0.05, 0.1) is 13.0 Å². The van der Waals surface area contributed by atoms with E-state index >= 15 is 0 Å². The Morgan fingerprint density at radius 2 is 1.41 bits per heavy atom. The third-order valence-electron chi connectivity index (χ3n) is 6.05. The van der Waals surface area contributed by atoms with E-state index in [1.165, 1.54) is 0 Å². The van der Waals surface area contributed by atoms with Crippen molar-refractivity contribution in [2.24, 2.45) is 0 Å². The Bertz CT molecular complexity index is 1060. The maximum atomic E-state index is 13.2. The summed E-state index contributed by atoms with van der Waals surface area (Å²) in [5.74, 6) is 0.677. The number of benzene rings is 3. The molecular weight excluding hydrogens is 426 g/mol. The Kier molecular flexibility index (Phi) is 7.94. The van der Waals surface area contributed by atoms with E-state index in [9.17, 15) is 9.59 Å². The first-order chi connectivity index (χ1) is 16.6. The maximum absolute atomic E-state index is 13.2. The molecule has 2 amide bonds. The average molecular weight is 458 g/mol. The van der Waals surface area contributed by atoms with Gasteiger partial charge in [-0.3, -0.25) is 9.59 Å². The SMILES string of the molecule is CN1CCN(C(=O)Cc2ccc(N(Cc3ccccc3)C(=O)COc3ccccc3)cc2)CC1. The number of piperazine rings is 1. The number of ether oxygens (including phenoxy) is 1. The third-order valence-corrected chi connectivity index (χ3v) is 6.05. The highest BCUT2D eigenvalue weighted by atomic mass is 16.5. The molecule has 6 nitrogen and oxygen atoms in total. The minimum absolute atomic E-state index is 0.0551. The third kappa shape index (κ3) is 6.45. The van der Waals surface area contributed by atoms with Crippen LogP contribution in [0.1, 0.15) is 11.1 Å². The number of amides is 2. The van der Waals surface area contributed by atoms with Crippen molar-refractivity contribution in [1.82, 2.24) is 9.80 Å². The first kappa shape index (κ1) is 23.5. The summed E-state index contributed by atoms with van der Waals surface area (Å²) in [5, 5.41) is 0. The quantitative estimate of drug-likeness (QED) is 0.519. The van der Waals surface area contributed by atoms with E-state index in [0.717, 1.165) is 43.0 Å². The minimum Gasteiger partial charge on any atom is -0.484 e. The lowest BCUT2D eigenvalue weighted by Gasteiger charge is -2.32. The van der Waals surface area contributed by atoms with Gasteiger partial charge < -0.3 is 19.4 Å². The summed E-state index contributed by atoms with van der Waals surface area (Å²) in [6.07, 6.45) is 0.369. The number of hydrogen-bond donors (Lipinski definition) is 0. The molecule has 0 radical (unpaired) electrons. The number of para-hydroxylation sites is 1. The molecule has 34 heavy (non-hydrogen) atoms. The Morgan fingerprint density at radius 1 is 0.794 bits per heavy atom. The fourth-order valence-electron chi connectivity index (χ4n) is 3.97. The highest BCUT2D eigenvalue weighted by Crippen LogP contribution is 2.20. The van der Waals surface area contributed by atoms with E-state index in [2.05, 4.69) is 11.9 Å². The van der Waals surface area contributed by atoms with Crippen LogP contribution in [-0.2, 0) is 22.6 Å². The number of anilines is 1. The van der Waals surface area contributed by atoms with E-state index in [4.69, 9.17) is 4.74 Å². The van der Waals surface area contributed by atoms with E-state index in [0.29, 0.717) is 18.7 Å². The molecule has 1 heterocycles. The molecule has 0 aliphatic carbocycles. The first-order valence-electron chi connectivity index (χ1n) is 11.7. The Labute approximate surface area is 201 Å².